The number of amides is 2. The van der Waals surface area contributed by atoms with Crippen LogP contribution in [0.25, 0.3) is 0 Å². The fraction of sp³-hybridized carbons (Fsp3) is 0.348. The average molecular weight is 597 g/mol. The van der Waals surface area contributed by atoms with Crippen LogP contribution >= 0.6 is 46.4 Å². The fourth-order valence-corrected chi connectivity index (χ4v) is 6.93. The molecule has 37 heavy (non-hydrogen) atoms. The van der Waals surface area contributed by atoms with E-state index in [2.05, 4.69) is 5.32 Å². The lowest BCUT2D eigenvalue weighted by molar-refractivity contribution is -0.153. The molecule has 0 unspecified atom stereocenters. The lowest BCUT2D eigenvalue weighted by Crippen LogP contribution is -2.54. The highest BCUT2D eigenvalue weighted by Crippen LogP contribution is 2.61. The number of carboxylic acid groups (broad SMARTS) is 1. The first-order valence-corrected chi connectivity index (χ1v) is 12.3. The number of fused-ring (bicyclic) bond motifs is 4. The maximum absolute atomic E-state index is 14.8. The second-order valence-corrected chi connectivity index (χ2v) is 10.9. The Hall–Kier alpha value is -2.24. The second kappa shape index (κ2) is 8.64. The molecule has 2 N–H and O–H groups in total. The summed E-state index contributed by atoms with van der Waals surface area (Å²) in [5, 5.41) is 12.5. The molecule has 2 aromatic carbocycles. The van der Waals surface area contributed by atoms with Gasteiger partial charge in [0.05, 0.1) is 33.9 Å². The Balaban J connectivity index is 1.72. The summed E-state index contributed by atoms with van der Waals surface area (Å²) in [7, 11) is 1.14. The van der Waals surface area contributed by atoms with Crippen LogP contribution in [0.3, 0.4) is 0 Å². The second-order valence-electron chi connectivity index (χ2n) is 9.25. The van der Waals surface area contributed by atoms with Crippen LogP contribution in [0.15, 0.2) is 24.3 Å². The summed E-state index contributed by atoms with van der Waals surface area (Å²) >= 11 is 24.2. The van der Waals surface area contributed by atoms with E-state index in [1.54, 1.807) is 0 Å². The molecule has 14 heteroatoms. The third kappa shape index (κ3) is 3.71. The molecule has 1 spiro atoms. The number of nitrogens with one attached hydrogen (secondary N) is 1. The van der Waals surface area contributed by atoms with Crippen molar-refractivity contribution in [1.82, 2.24) is 4.90 Å². The van der Waals surface area contributed by atoms with Gasteiger partial charge in [0.2, 0.25) is 5.91 Å². The molecule has 3 heterocycles. The summed E-state index contributed by atoms with van der Waals surface area (Å²) in [5.74, 6) is -11.4. The van der Waals surface area contributed by atoms with E-state index in [0.29, 0.717) is 0 Å². The van der Waals surface area contributed by atoms with Gasteiger partial charge in [0.1, 0.15) is 11.5 Å². The number of nitrogens with zero attached hydrogens (tertiary/aromatic N) is 2. The van der Waals surface area contributed by atoms with Crippen molar-refractivity contribution in [2.45, 2.75) is 23.9 Å². The standard InChI is InChI=1S/C23H16Cl4F3N3O4/c1-32(13-5-9(25)3-11(26)17(13)28)19(34)15-14-6-22(29,30)7-33(14)23(16(15)20(35)36)10-2-8(24)4-12(27)18(10)31-21(23)37/h2-5,14-16H,6-7H2,1H3,(H,31,37)(H,35,36)/t14-,15+,16-,23+/m0/s1. The van der Waals surface area contributed by atoms with E-state index >= 15 is 0 Å². The van der Waals surface area contributed by atoms with E-state index in [9.17, 15) is 32.7 Å². The van der Waals surface area contributed by atoms with E-state index < -0.39 is 70.9 Å². The lowest BCUT2D eigenvalue weighted by Gasteiger charge is -2.36. The Labute approximate surface area is 228 Å². The molecule has 7 nitrogen and oxygen atoms in total. The van der Waals surface area contributed by atoms with Gasteiger partial charge in [-0.3, -0.25) is 19.3 Å². The quantitative estimate of drug-likeness (QED) is 0.470. The number of hydrogen-bond acceptors (Lipinski definition) is 4. The highest BCUT2D eigenvalue weighted by molar-refractivity contribution is 6.38. The number of rotatable bonds is 3. The van der Waals surface area contributed by atoms with E-state index in [1.807, 2.05) is 0 Å². The number of carboxylic acids is 1. The Morgan fingerprint density at radius 1 is 1.11 bits per heavy atom. The molecule has 3 aliphatic rings. The number of aliphatic carboxylic acids is 1. The van der Waals surface area contributed by atoms with Crippen molar-refractivity contribution in [1.29, 1.82) is 0 Å². The molecule has 0 bridgehead atoms. The number of halogens is 7. The number of alkyl halides is 2. The van der Waals surface area contributed by atoms with Crippen LogP contribution in [-0.2, 0) is 19.9 Å². The van der Waals surface area contributed by atoms with Crippen molar-refractivity contribution < 1.29 is 32.7 Å². The monoisotopic (exact) mass is 595 g/mol. The highest BCUT2D eigenvalue weighted by atomic mass is 35.5. The Morgan fingerprint density at radius 3 is 2.38 bits per heavy atom. The van der Waals surface area contributed by atoms with E-state index in [0.717, 1.165) is 29.0 Å². The van der Waals surface area contributed by atoms with Gasteiger partial charge in [0, 0.05) is 35.1 Å². The lowest BCUT2D eigenvalue weighted by atomic mass is 9.73. The molecular weight excluding hydrogens is 581 g/mol. The van der Waals surface area contributed by atoms with Crippen molar-refractivity contribution in [2.75, 3.05) is 23.8 Å². The average Bonchev–Trinajstić information content (AvgIpc) is 3.36. The molecule has 4 atom stereocenters. The van der Waals surface area contributed by atoms with Crippen molar-refractivity contribution in [2.24, 2.45) is 11.8 Å². The van der Waals surface area contributed by atoms with E-state index in [4.69, 9.17) is 46.4 Å². The number of carbonyl (C=O) groups is 3. The van der Waals surface area contributed by atoms with Crippen LogP contribution in [0.1, 0.15) is 12.0 Å². The van der Waals surface area contributed by atoms with Crippen LogP contribution in [0.4, 0.5) is 24.5 Å². The number of anilines is 2. The smallest absolute Gasteiger partial charge is 0.310 e. The number of benzene rings is 2. The van der Waals surface area contributed by atoms with Crippen molar-refractivity contribution in [3.63, 3.8) is 0 Å². The van der Waals surface area contributed by atoms with Crippen LogP contribution < -0.4 is 10.2 Å². The molecule has 3 aliphatic heterocycles. The first-order chi connectivity index (χ1) is 17.2. The molecule has 0 saturated carbocycles. The number of hydrogen-bond donors (Lipinski definition) is 2. The predicted octanol–water partition coefficient (Wildman–Crippen LogP) is 5.29. The van der Waals surface area contributed by atoms with Gasteiger partial charge in [-0.2, -0.15) is 0 Å². The van der Waals surface area contributed by atoms with E-state index in [-0.39, 0.29) is 32.0 Å². The molecule has 0 radical (unpaired) electrons. The van der Waals surface area contributed by atoms with Gasteiger partial charge in [0.25, 0.3) is 11.8 Å². The largest absolute Gasteiger partial charge is 0.481 e. The van der Waals surface area contributed by atoms with E-state index in [1.165, 1.54) is 12.1 Å². The van der Waals surface area contributed by atoms with Gasteiger partial charge < -0.3 is 15.3 Å². The molecule has 0 aliphatic carbocycles. The van der Waals surface area contributed by atoms with Gasteiger partial charge in [-0.15, -0.1) is 0 Å². The van der Waals surface area contributed by atoms with Crippen LogP contribution in [0, 0.1) is 17.7 Å². The summed E-state index contributed by atoms with van der Waals surface area (Å²) in [6, 6.07) is 3.40. The zero-order valence-electron chi connectivity index (χ0n) is 18.7. The fourth-order valence-electron chi connectivity index (χ4n) is 5.91. The van der Waals surface area contributed by atoms with Crippen molar-refractivity contribution >= 4 is 75.6 Å². The molecule has 2 saturated heterocycles. The molecule has 2 aromatic rings. The predicted molar refractivity (Wildman–Crippen MR) is 131 cm³/mol. The summed E-state index contributed by atoms with van der Waals surface area (Å²) in [6.45, 7) is -0.997. The SMILES string of the molecule is CN(C(=O)[C@H]1[C@@H](C(=O)O)[C@]2(C(=O)Nc3c(Cl)cc(Cl)cc32)N2CC(F)(F)C[C@@H]12)c1cc(Cl)cc(Cl)c1F. The first-order valence-electron chi connectivity index (χ1n) is 10.8. The van der Waals surface area contributed by atoms with Gasteiger partial charge in [0.15, 0.2) is 5.82 Å². The topological polar surface area (TPSA) is 90.0 Å². The minimum absolute atomic E-state index is 0.0128. The summed E-state index contributed by atoms with van der Waals surface area (Å²) < 4.78 is 44.5. The third-order valence-corrected chi connectivity index (χ3v) is 8.26. The zero-order chi connectivity index (χ0) is 27.2. The maximum atomic E-state index is 14.8. The van der Waals surface area contributed by atoms with Crippen LogP contribution in [0.5, 0.6) is 0 Å². The molecule has 2 fully saturated rings. The highest BCUT2D eigenvalue weighted by Gasteiger charge is 2.74. The van der Waals surface area contributed by atoms with Crippen molar-refractivity contribution in [3.8, 4) is 0 Å². The maximum Gasteiger partial charge on any atom is 0.310 e. The minimum Gasteiger partial charge on any atom is -0.481 e. The van der Waals surface area contributed by atoms with Gasteiger partial charge in [-0.05, 0) is 24.3 Å². The molecular formula is C23H16Cl4F3N3O4. The van der Waals surface area contributed by atoms with Crippen molar-refractivity contribution in [3.05, 3.63) is 55.7 Å². The van der Waals surface area contributed by atoms with Gasteiger partial charge in [-0.1, -0.05) is 46.4 Å². The minimum atomic E-state index is -3.35. The Kier molecular flexibility index (Phi) is 6.16. The third-order valence-electron chi connectivity index (χ3n) is 7.25. The summed E-state index contributed by atoms with van der Waals surface area (Å²) in [5.41, 5.74) is -2.62. The zero-order valence-corrected chi connectivity index (χ0v) is 21.7. The summed E-state index contributed by atoms with van der Waals surface area (Å²) in [4.78, 5) is 42.0. The Bertz CT molecular complexity index is 1390. The van der Waals surface area contributed by atoms with Gasteiger partial charge in [-0.25, -0.2) is 13.2 Å². The number of carbonyl (C=O) groups excluding carboxylic acids is 2. The normalized spacial score (nSPS) is 27.8. The van der Waals surface area contributed by atoms with Crippen LogP contribution in [-0.4, -0.2) is 53.3 Å². The van der Waals surface area contributed by atoms with Crippen LogP contribution in [0.2, 0.25) is 20.1 Å². The summed E-state index contributed by atoms with van der Waals surface area (Å²) in [6.07, 6.45) is -0.904. The molecule has 196 valence electrons. The first kappa shape index (κ1) is 26.4. The molecule has 0 aromatic heterocycles. The Morgan fingerprint density at radius 2 is 1.73 bits per heavy atom. The van der Waals surface area contributed by atoms with Gasteiger partial charge >= 0.3 is 5.97 Å². The molecule has 5 rings (SSSR count). The molecule has 2 amide bonds.